The van der Waals surface area contributed by atoms with Gasteiger partial charge in [0.25, 0.3) is 5.91 Å². The Hall–Kier alpha value is -4.25. The molecule has 1 fully saturated rings. The number of carbonyl (C=O) groups is 1. The van der Waals surface area contributed by atoms with Crippen molar-refractivity contribution in [3.05, 3.63) is 112 Å². The number of hydrogen-bond donors (Lipinski definition) is 1. The lowest BCUT2D eigenvalue weighted by molar-refractivity contribution is 0.102. The number of hydrogen-bond acceptors (Lipinski definition) is 5. The summed E-state index contributed by atoms with van der Waals surface area (Å²) < 4.78 is 13.4. The third-order valence-corrected chi connectivity index (χ3v) is 7.50. The van der Waals surface area contributed by atoms with Crippen molar-refractivity contribution < 1.29 is 9.18 Å². The fourth-order valence-corrected chi connectivity index (χ4v) is 5.12. The highest BCUT2D eigenvalue weighted by molar-refractivity contribution is 6.31. The summed E-state index contributed by atoms with van der Waals surface area (Å²) in [5.74, 6) is 0.320. The number of anilines is 2. The Morgan fingerprint density at radius 1 is 1.02 bits per heavy atom. The summed E-state index contributed by atoms with van der Waals surface area (Å²) in [7, 11) is 0. The van der Waals surface area contributed by atoms with E-state index >= 15 is 0 Å². The van der Waals surface area contributed by atoms with Gasteiger partial charge in [-0.1, -0.05) is 35.9 Å². The van der Waals surface area contributed by atoms with Gasteiger partial charge in [0, 0.05) is 43.3 Å². The van der Waals surface area contributed by atoms with E-state index in [0.29, 0.717) is 28.4 Å². The van der Waals surface area contributed by atoms with Crippen molar-refractivity contribution in [3.8, 4) is 17.2 Å². The smallest absolute Gasteiger partial charge is 0.255 e. The van der Waals surface area contributed by atoms with Gasteiger partial charge >= 0.3 is 0 Å². The Morgan fingerprint density at radius 2 is 1.85 bits per heavy atom. The van der Waals surface area contributed by atoms with Crippen LogP contribution in [0.25, 0.3) is 11.1 Å². The summed E-state index contributed by atoms with van der Waals surface area (Å²) in [4.78, 5) is 22.2. The zero-order valence-electron chi connectivity index (χ0n) is 22.2. The Kier molecular flexibility index (Phi) is 8.40. The largest absolute Gasteiger partial charge is 0.355 e. The van der Waals surface area contributed by atoms with E-state index in [1.165, 1.54) is 12.1 Å². The van der Waals surface area contributed by atoms with Crippen LogP contribution in [0.4, 0.5) is 15.9 Å². The fourth-order valence-electron chi connectivity index (χ4n) is 4.90. The molecule has 0 aliphatic carbocycles. The second-order valence-corrected chi connectivity index (χ2v) is 10.3. The van der Waals surface area contributed by atoms with Gasteiger partial charge in [0.1, 0.15) is 11.6 Å². The van der Waals surface area contributed by atoms with Crippen molar-refractivity contribution in [2.75, 3.05) is 36.4 Å². The second kappa shape index (κ2) is 12.3. The Labute approximate surface area is 238 Å². The standard InChI is InChI=1S/C32H29ClFN5O/c1-22-3-6-25(17-29(22)24-7-4-23(19-35)5-8-24)32(40)37-28-11-12-31(36-20-28)39-14-2-13-38(15-16-39)21-26-9-10-27(34)18-30(26)33/h3-12,17-18,20H,2,13-16,21H2,1H3,(H,37,40). The molecule has 4 aromatic rings. The molecule has 0 radical (unpaired) electrons. The predicted octanol–water partition coefficient (Wildman–Crippen LogP) is 6.69. The predicted molar refractivity (Wildman–Crippen MR) is 157 cm³/mol. The molecule has 1 aromatic heterocycles. The molecule has 0 bridgehead atoms. The topological polar surface area (TPSA) is 72.3 Å². The van der Waals surface area contributed by atoms with Gasteiger partial charge in [-0.05, 0) is 84.1 Å². The first-order chi connectivity index (χ1) is 19.4. The van der Waals surface area contributed by atoms with Crippen molar-refractivity contribution in [3.63, 3.8) is 0 Å². The molecule has 1 aliphatic rings. The van der Waals surface area contributed by atoms with E-state index in [2.05, 4.69) is 26.2 Å². The molecule has 5 rings (SSSR count). The molecule has 0 atom stereocenters. The number of aryl methyl sites for hydroxylation is 1. The van der Waals surface area contributed by atoms with Crippen LogP contribution in [0.2, 0.25) is 5.02 Å². The normalized spacial score (nSPS) is 13.9. The van der Waals surface area contributed by atoms with E-state index in [-0.39, 0.29) is 11.7 Å². The van der Waals surface area contributed by atoms with Crippen LogP contribution < -0.4 is 10.2 Å². The van der Waals surface area contributed by atoms with E-state index in [0.717, 1.165) is 60.7 Å². The van der Waals surface area contributed by atoms with Crippen LogP contribution in [0.5, 0.6) is 0 Å². The fraction of sp³-hybridized carbons (Fsp3) is 0.219. The van der Waals surface area contributed by atoms with Gasteiger partial charge in [-0.3, -0.25) is 9.69 Å². The van der Waals surface area contributed by atoms with Crippen molar-refractivity contribution in [2.45, 2.75) is 19.9 Å². The zero-order valence-corrected chi connectivity index (χ0v) is 23.0. The number of amides is 1. The quantitative estimate of drug-likeness (QED) is 0.288. The van der Waals surface area contributed by atoms with E-state index < -0.39 is 0 Å². The van der Waals surface area contributed by atoms with Gasteiger partial charge in [-0.15, -0.1) is 0 Å². The minimum absolute atomic E-state index is 0.214. The molecule has 1 amide bonds. The molecule has 6 nitrogen and oxygen atoms in total. The third kappa shape index (κ3) is 6.48. The maximum atomic E-state index is 13.4. The Balaban J connectivity index is 1.21. The Bertz CT molecular complexity index is 1550. The summed E-state index contributed by atoms with van der Waals surface area (Å²) in [5.41, 5.74) is 5.63. The molecule has 40 heavy (non-hydrogen) atoms. The van der Waals surface area contributed by atoms with E-state index in [1.807, 2.05) is 49.4 Å². The van der Waals surface area contributed by atoms with E-state index in [9.17, 15) is 9.18 Å². The molecular formula is C32H29ClFN5O. The van der Waals surface area contributed by atoms with Gasteiger partial charge in [-0.25, -0.2) is 9.37 Å². The number of carbonyl (C=O) groups excluding carboxylic acids is 1. The highest BCUT2D eigenvalue weighted by Gasteiger charge is 2.18. The number of halogens is 2. The van der Waals surface area contributed by atoms with Gasteiger partial charge in [0.15, 0.2) is 0 Å². The summed E-state index contributed by atoms with van der Waals surface area (Å²) in [6.07, 6.45) is 2.65. The van der Waals surface area contributed by atoms with Gasteiger partial charge < -0.3 is 10.2 Å². The molecule has 2 heterocycles. The first-order valence-corrected chi connectivity index (χ1v) is 13.6. The van der Waals surface area contributed by atoms with Crippen molar-refractivity contribution in [1.29, 1.82) is 5.26 Å². The lowest BCUT2D eigenvalue weighted by atomic mass is 9.97. The van der Waals surface area contributed by atoms with E-state index in [4.69, 9.17) is 16.9 Å². The van der Waals surface area contributed by atoms with Crippen LogP contribution in [0.3, 0.4) is 0 Å². The summed E-state index contributed by atoms with van der Waals surface area (Å²) >= 11 is 6.23. The lowest BCUT2D eigenvalue weighted by Crippen LogP contribution is -2.31. The third-order valence-electron chi connectivity index (χ3n) is 7.15. The molecule has 1 aliphatic heterocycles. The number of pyridine rings is 1. The van der Waals surface area contributed by atoms with Crippen molar-refractivity contribution in [1.82, 2.24) is 9.88 Å². The number of nitrogens with one attached hydrogen (secondary N) is 1. The number of nitriles is 1. The monoisotopic (exact) mass is 553 g/mol. The number of aromatic nitrogens is 1. The number of nitrogens with zero attached hydrogens (tertiary/aromatic N) is 4. The second-order valence-electron chi connectivity index (χ2n) is 9.93. The molecule has 202 valence electrons. The molecule has 0 spiro atoms. The van der Waals surface area contributed by atoms with Crippen LogP contribution in [0, 0.1) is 24.1 Å². The molecular weight excluding hydrogens is 525 g/mol. The maximum Gasteiger partial charge on any atom is 0.255 e. The van der Waals surface area contributed by atoms with Crippen molar-refractivity contribution >= 4 is 29.0 Å². The van der Waals surface area contributed by atoms with E-state index in [1.54, 1.807) is 24.4 Å². The van der Waals surface area contributed by atoms with Crippen LogP contribution in [-0.4, -0.2) is 42.0 Å². The van der Waals surface area contributed by atoms with Crippen LogP contribution in [0.15, 0.2) is 79.0 Å². The summed E-state index contributed by atoms with van der Waals surface area (Å²) in [6, 6.07) is 23.4. The SMILES string of the molecule is Cc1ccc(C(=O)Nc2ccc(N3CCCN(Cc4ccc(F)cc4Cl)CC3)nc2)cc1-c1ccc(C#N)cc1. The molecule has 8 heteroatoms. The molecule has 3 aromatic carbocycles. The van der Waals surface area contributed by atoms with Gasteiger partial charge in [0.2, 0.25) is 0 Å². The van der Waals surface area contributed by atoms with Crippen LogP contribution in [-0.2, 0) is 6.54 Å². The highest BCUT2D eigenvalue weighted by Crippen LogP contribution is 2.26. The van der Waals surface area contributed by atoms with Crippen LogP contribution >= 0.6 is 11.6 Å². The first-order valence-electron chi connectivity index (χ1n) is 13.2. The average Bonchev–Trinajstić information content (AvgIpc) is 3.21. The van der Waals surface area contributed by atoms with Crippen LogP contribution in [0.1, 0.15) is 33.5 Å². The summed E-state index contributed by atoms with van der Waals surface area (Å²) in [6.45, 7) is 6.10. The summed E-state index contributed by atoms with van der Waals surface area (Å²) in [5, 5.41) is 12.5. The van der Waals surface area contributed by atoms with Gasteiger partial charge in [0.05, 0.1) is 23.5 Å². The molecule has 0 saturated carbocycles. The number of benzene rings is 3. The lowest BCUT2D eigenvalue weighted by Gasteiger charge is -2.23. The maximum absolute atomic E-state index is 13.4. The van der Waals surface area contributed by atoms with Gasteiger partial charge in [-0.2, -0.15) is 5.26 Å². The first kappa shape index (κ1) is 27.3. The average molecular weight is 554 g/mol. The minimum atomic E-state index is -0.326. The molecule has 0 unspecified atom stereocenters. The molecule has 1 N–H and O–H groups in total. The zero-order chi connectivity index (χ0) is 28.1. The number of rotatable bonds is 6. The molecule has 1 saturated heterocycles. The highest BCUT2D eigenvalue weighted by atomic mass is 35.5. The van der Waals surface area contributed by atoms with Crippen molar-refractivity contribution in [2.24, 2.45) is 0 Å². The Morgan fingerprint density at radius 3 is 2.58 bits per heavy atom. The minimum Gasteiger partial charge on any atom is -0.355 e.